The van der Waals surface area contributed by atoms with E-state index in [1.165, 1.54) is 13.2 Å². The zero-order valence-electron chi connectivity index (χ0n) is 14.3. The summed E-state index contributed by atoms with van der Waals surface area (Å²) in [5, 5.41) is 12.8. The number of carbonyl (C=O) groups excluding carboxylic acids is 2. The molecule has 3 rings (SSSR count). The van der Waals surface area contributed by atoms with Gasteiger partial charge in [-0.3, -0.25) is 4.79 Å². The quantitative estimate of drug-likeness (QED) is 0.630. The number of esters is 1. The van der Waals surface area contributed by atoms with Gasteiger partial charge < -0.3 is 14.5 Å². The van der Waals surface area contributed by atoms with Gasteiger partial charge in [-0.15, -0.1) is 11.3 Å². The predicted molar refractivity (Wildman–Crippen MR) is 102 cm³/mol. The Morgan fingerprint density at radius 2 is 2.07 bits per heavy atom. The second-order valence-electron chi connectivity index (χ2n) is 5.49. The van der Waals surface area contributed by atoms with E-state index in [9.17, 15) is 14.9 Å². The van der Waals surface area contributed by atoms with Crippen LogP contribution in [0, 0.1) is 18.3 Å². The van der Waals surface area contributed by atoms with Crippen molar-refractivity contribution in [3.05, 3.63) is 63.2 Å². The number of hydrogen-bond donors (Lipinski definition) is 1. The lowest BCUT2D eigenvalue weighted by molar-refractivity contribution is 0.0605. The van der Waals surface area contributed by atoms with E-state index in [-0.39, 0.29) is 21.2 Å². The fraction of sp³-hybridized carbons (Fsp3) is 0.105. The second-order valence-corrected chi connectivity index (χ2v) is 6.95. The average Bonchev–Trinajstić information content (AvgIpc) is 3.26. The number of hydrogen-bond acceptors (Lipinski definition) is 6. The second kappa shape index (κ2) is 7.66. The normalized spacial score (nSPS) is 10.3. The Labute approximate surface area is 163 Å². The summed E-state index contributed by atoms with van der Waals surface area (Å²) in [6.07, 6.45) is 0. The molecule has 0 atom stereocenters. The number of thiophene rings is 1. The van der Waals surface area contributed by atoms with Crippen LogP contribution < -0.4 is 5.32 Å². The Kier molecular flexibility index (Phi) is 5.31. The Balaban J connectivity index is 1.87. The lowest BCUT2D eigenvalue weighted by atomic mass is 10.2. The van der Waals surface area contributed by atoms with Crippen molar-refractivity contribution in [1.82, 2.24) is 0 Å². The molecule has 0 saturated carbocycles. The van der Waals surface area contributed by atoms with Gasteiger partial charge in [0.1, 0.15) is 21.7 Å². The van der Waals surface area contributed by atoms with Crippen LogP contribution in [-0.2, 0) is 4.74 Å². The van der Waals surface area contributed by atoms with Crippen molar-refractivity contribution in [3.63, 3.8) is 0 Å². The van der Waals surface area contributed by atoms with E-state index < -0.39 is 11.9 Å². The van der Waals surface area contributed by atoms with Gasteiger partial charge >= 0.3 is 5.97 Å². The first kappa shape index (κ1) is 18.7. The molecule has 0 bridgehead atoms. The summed E-state index contributed by atoms with van der Waals surface area (Å²) in [6.45, 7) is 1.63. The number of halogens is 1. The highest BCUT2D eigenvalue weighted by atomic mass is 35.5. The number of nitrogens with one attached hydrogen (secondary N) is 1. The van der Waals surface area contributed by atoms with Crippen LogP contribution in [0.15, 0.2) is 40.8 Å². The Bertz CT molecular complexity index is 1080. The van der Waals surface area contributed by atoms with Gasteiger partial charge in [0.05, 0.1) is 12.7 Å². The molecule has 0 spiro atoms. The zero-order chi connectivity index (χ0) is 19.6. The van der Waals surface area contributed by atoms with Crippen molar-refractivity contribution < 1.29 is 18.7 Å². The fourth-order valence-electron chi connectivity index (χ4n) is 2.45. The molecular weight excluding hydrogens is 388 g/mol. The molecule has 0 aliphatic heterocycles. The number of benzene rings is 1. The number of amides is 1. The minimum Gasteiger partial charge on any atom is -0.465 e. The molecule has 1 N–H and O–H groups in total. The third kappa shape index (κ3) is 3.72. The molecule has 0 fully saturated rings. The lowest BCUT2D eigenvalue weighted by Crippen LogP contribution is -2.10. The molecule has 3 aromatic rings. The fourth-order valence-corrected chi connectivity index (χ4v) is 3.71. The molecule has 0 unspecified atom stereocenters. The summed E-state index contributed by atoms with van der Waals surface area (Å²) in [5.74, 6) is -0.534. The van der Waals surface area contributed by atoms with Gasteiger partial charge in [-0.25, -0.2) is 4.79 Å². The standard InChI is InChI=1S/C19H13ClN2O4S/c1-10-13(9-21)18(27-16(10)19(24)25-2)22-17(23)15-7-6-14(26-15)11-4-3-5-12(20)8-11/h3-8H,1-2H3,(H,22,23). The summed E-state index contributed by atoms with van der Waals surface area (Å²) in [6, 6.07) is 12.2. The van der Waals surface area contributed by atoms with Crippen LogP contribution in [-0.4, -0.2) is 19.0 Å². The molecule has 2 heterocycles. The van der Waals surface area contributed by atoms with Crippen molar-refractivity contribution in [2.75, 3.05) is 12.4 Å². The first-order valence-corrected chi connectivity index (χ1v) is 8.93. The van der Waals surface area contributed by atoms with Crippen LogP contribution in [0.5, 0.6) is 0 Å². The van der Waals surface area contributed by atoms with Gasteiger partial charge in [-0.1, -0.05) is 23.7 Å². The van der Waals surface area contributed by atoms with Gasteiger partial charge in [0.2, 0.25) is 0 Å². The first-order valence-electron chi connectivity index (χ1n) is 7.73. The highest BCUT2D eigenvalue weighted by molar-refractivity contribution is 7.18. The third-order valence-corrected chi connectivity index (χ3v) is 5.22. The molecule has 0 radical (unpaired) electrons. The average molecular weight is 401 g/mol. The molecule has 136 valence electrons. The SMILES string of the molecule is COC(=O)c1sc(NC(=O)c2ccc(-c3cccc(Cl)c3)o2)c(C#N)c1C. The van der Waals surface area contributed by atoms with E-state index in [0.717, 1.165) is 16.9 Å². The van der Waals surface area contributed by atoms with E-state index >= 15 is 0 Å². The third-order valence-electron chi connectivity index (χ3n) is 3.80. The number of rotatable bonds is 4. The van der Waals surface area contributed by atoms with Gasteiger partial charge in [0, 0.05) is 10.6 Å². The molecule has 1 aromatic carbocycles. The number of methoxy groups -OCH3 is 1. The van der Waals surface area contributed by atoms with Gasteiger partial charge in [-0.05, 0) is 36.8 Å². The Hall–Kier alpha value is -3.08. The van der Waals surface area contributed by atoms with E-state index in [1.807, 2.05) is 12.1 Å². The minimum atomic E-state index is -0.559. The summed E-state index contributed by atoms with van der Waals surface area (Å²) in [5.41, 5.74) is 1.42. The van der Waals surface area contributed by atoms with E-state index in [2.05, 4.69) is 5.32 Å². The van der Waals surface area contributed by atoms with Crippen LogP contribution in [0.1, 0.15) is 31.4 Å². The molecule has 0 aliphatic carbocycles. The monoisotopic (exact) mass is 400 g/mol. The van der Waals surface area contributed by atoms with Crippen molar-refractivity contribution in [2.45, 2.75) is 6.92 Å². The summed E-state index contributed by atoms with van der Waals surface area (Å²) < 4.78 is 10.3. The molecule has 1 amide bonds. The predicted octanol–water partition coefficient (Wildman–Crippen LogP) is 4.88. The molecule has 6 nitrogen and oxygen atoms in total. The van der Waals surface area contributed by atoms with E-state index in [1.54, 1.807) is 31.2 Å². The highest BCUT2D eigenvalue weighted by Crippen LogP contribution is 2.33. The number of anilines is 1. The number of nitriles is 1. The molecule has 8 heteroatoms. The Morgan fingerprint density at radius 1 is 1.30 bits per heavy atom. The molecule has 2 aromatic heterocycles. The number of carbonyl (C=O) groups is 2. The number of furan rings is 1. The highest BCUT2D eigenvalue weighted by Gasteiger charge is 2.23. The van der Waals surface area contributed by atoms with Crippen LogP contribution in [0.2, 0.25) is 5.02 Å². The van der Waals surface area contributed by atoms with Crippen molar-refractivity contribution in [3.8, 4) is 17.4 Å². The van der Waals surface area contributed by atoms with Crippen molar-refractivity contribution in [1.29, 1.82) is 5.26 Å². The molecule has 0 saturated heterocycles. The summed E-state index contributed by atoms with van der Waals surface area (Å²) >= 11 is 6.95. The van der Waals surface area contributed by atoms with Gasteiger partial charge in [0.15, 0.2) is 5.76 Å². The van der Waals surface area contributed by atoms with Gasteiger partial charge in [0.25, 0.3) is 5.91 Å². The van der Waals surface area contributed by atoms with Gasteiger partial charge in [-0.2, -0.15) is 5.26 Å². The van der Waals surface area contributed by atoms with Crippen LogP contribution in [0.25, 0.3) is 11.3 Å². The largest absolute Gasteiger partial charge is 0.465 e. The molecular formula is C19H13ClN2O4S. The van der Waals surface area contributed by atoms with Crippen LogP contribution in [0.4, 0.5) is 5.00 Å². The topological polar surface area (TPSA) is 92.3 Å². The van der Waals surface area contributed by atoms with Crippen LogP contribution in [0.3, 0.4) is 0 Å². The summed E-state index contributed by atoms with van der Waals surface area (Å²) in [4.78, 5) is 24.6. The lowest BCUT2D eigenvalue weighted by Gasteiger charge is -2.01. The van der Waals surface area contributed by atoms with Crippen LogP contribution >= 0.6 is 22.9 Å². The molecule has 0 aliphatic rings. The Morgan fingerprint density at radius 3 is 2.74 bits per heavy atom. The first-order chi connectivity index (χ1) is 12.9. The van der Waals surface area contributed by atoms with Crippen molar-refractivity contribution in [2.24, 2.45) is 0 Å². The van der Waals surface area contributed by atoms with Crippen molar-refractivity contribution >= 4 is 39.8 Å². The maximum absolute atomic E-state index is 12.5. The zero-order valence-corrected chi connectivity index (χ0v) is 15.9. The maximum Gasteiger partial charge on any atom is 0.348 e. The minimum absolute atomic E-state index is 0.0690. The summed E-state index contributed by atoms with van der Waals surface area (Å²) in [7, 11) is 1.26. The van der Waals surface area contributed by atoms with E-state index in [4.69, 9.17) is 20.8 Å². The number of nitrogens with zero attached hydrogens (tertiary/aromatic N) is 1. The smallest absolute Gasteiger partial charge is 0.348 e. The maximum atomic E-state index is 12.5. The van der Waals surface area contributed by atoms with E-state index in [0.29, 0.717) is 16.3 Å². The number of ether oxygens (including phenoxy) is 1. The molecule has 27 heavy (non-hydrogen) atoms.